The third-order valence-corrected chi connectivity index (χ3v) is 8.17. The van der Waals surface area contributed by atoms with Gasteiger partial charge in [-0.15, -0.1) is 0 Å². The molecule has 0 unspecified atom stereocenters. The Morgan fingerprint density at radius 3 is 2.04 bits per heavy atom. The Morgan fingerprint density at radius 2 is 1.47 bits per heavy atom. The predicted octanol–water partition coefficient (Wildman–Crippen LogP) is 4.06. The van der Waals surface area contributed by atoms with Crippen molar-refractivity contribution in [3.63, 3.8) is 0 Å². The molecule has 45 heavy (non-hydrogen) atoms. The molecule has 3 atom stereocenters. The van der Waals surface area contributed by atoms with Crippen LogP contribution in [-0.2, 0) is 15.1 Å². The largest absolute Gasteiger partial charge is 0.497 e. The summed E-state index contributed by atoms with van der Waals surface area (Å²) in [6, 6.07) is 25.2. The van der Waals surface area contributed by atoms with Crippen molar-refractivity contribution in [1.82, 2.24) is 19.5 Å². The van der Waals surface area contributed by atoms with E-state index in [-0.39, 0.29) is 35.7 Å². The highest BCUT2D eigenvalue weighted by molar-refractivity contribution is 5.81. The maximum atomic E-state index is 13.4. The number of hydrogen-bond acceptors (Lipinski definition) is 10. The number of methoxy groups -OCH3 is 2. The van der Waals surface area contributed by atoms with E-state index in [1.807, 2.05) is 78.9 Å². The maximum Gasteiger partial charge on any atom is 0.275 e. The van der Waals surface area contributed by atoms with E-state index in [2.05, 4.69) is 15.0 Å². The van der Waals surface area contributed by atoms with E-state index in [1.165, 1.54) is 4.57 Å². The Balaban J connectivity index is 1.40. The number of aliphatic hydroxyl groups is 1. The topological polar surface area (TPSA) is 144 Å². The number of nitrogens with two attached hydrogens (primary N) is 1. The SMILES string of the molecule is COc1ccc(C(OC[C@H]2O[C@@H](n3c(=O)c(C)nc4c(N)nc(C)nc43)C[C@@H]2O)(c2ccccc2)c2ccc(OC)cc2)cc1. The number of aromatic nitrogens is 4. The summed E-state index contributed by atoms with van der Waals surface area (Å²) in [5.74, 6) is 1.97. The molecule has 0 saturated carbocycles. The second kappa shape index (κ2) is 12.3. The quantitative estimate of drug-likeness (QED) is 0.235. The van der Waals surface area contributed by atoms with Gasteiger partial charge in [-0.1, -0.05) is 54.6 Å². The Morgan fingerprint density at radius 1 is 0.889 bits per heavy atom. The van der Waals surface area contributed by atoms with Gasteiger partial charge in [0.15, 0.2) is 11.5 Å². The molecule has 1 aliphatic heterocycles. The van der Waals surface area contributed by atoms with Crippen LogP contribution in [0.15, 0.2) is 83.7 Å². The number of anilines is 1. The summed E-state index contributed by atoms with van der Waals surface area (Å²) in [5, 5.41) is 11.3. The smallest absolute Gasteiger partial charge is 0.275 e. The van der Waals surface area contributed by atoms with Gasteiger partial charge in [0.2, 0.25) is 0 Å². The molecule has 3 aromatic carbocycles. The monoisotopic (exact) mass is 609 g/mol. The molecule has 3 N–H and O–H groups in total. The van der Waals surface area contributed by atoms with Crippen molar-refractivity contribution in [3.8, 4) is 11.5 Å². The number of benzene rings is 3. The van der Waals surface area contributed by atoms with Crippen molar-refractivity contribution in [2.45, 2.75) is 44.3 Å². The molecule has 0 amide bonds. The number of aliphatic hydroxyl groups excluding tert-OH is 1. The molecule has 0 bridgehead atoms. The summed E-state index contributed by atoms with van der Waals surface area (Å²) in [7, 11) is 3.24. The molecule has 2 aromatic heterocycles. The van der Waals surface area contributed by atoms with Crippen LogP contribution < -0.4 is 20.8 Å². The maximum absolute atomic E-state index is 13.4. The van der Waals surface area contributed by atoms with E-state index in [1.54, 1.807) is 28.1 Å². The fourth-order valence-corrected chi connectivity index (χ4v) is 5.91. The van der Waals surface area contributed by atoms with Gasteiger partial charge in [0.05, 0.1) is 26.9 Å². The molecule has 0 spiro atoms. The van der Waals surface area contributed by atoms with Crippen LogP contribution in [0.25, 0.3) is 11.2 Å². The minimum absolute atomic E-state index is 0.00246. The molecular weight excluding hydrogens is 574 g/mol. The summed E-state index contributed by atoms with van der Waals surface area (Å²) in [4.78, 5) is 26.4. The molecule has 1 fully saturated rings. The van der Waals surface area contributed by atoms with Crippen molar-refractivity contribution >= 4 is 17.0 Å². The number of aryl methyl sites for hydroxylation is 2. The van der Waals surface area contributed by atoms with Crippen LogP contribution in [0.2, 0.25) is 0 Å². The van der Waals surface area contributed by atoms with Crippen LogP contribution >= 0.6 is 0 Å². The standard InChI is InChI=1S/C34H35N5O6/c1-20-33(41)39(32-30(36-20)31(35)37-21(2)38-32)29-18-27(40)28(45-29)19-44-34(22-8-6-5-7-9-22,23-10-14-25(42-3)15-11-23)24-12-16-26(43-4)17-13-24/h5-17,27-29,40H,18-19H2,1-4H3,(H2,35,37,38)/t27-,28+,29+/m0/s1. The lowest BCUT2D eigenvalue weighted by atomic mass is 9.80. The number of nitrogens with zero attached hydrogens (tertiary/aromatic N) is 4. The van der Waals surface area contributed by atoms with Crippen molar-refractivity contribution in [1.29, 1.82) is 0 Å². The van der Waals surface area contributed by atoms with E-state index in [0.717, 1.165) is 16.7 Å². The lowest BCUT2D eigenvalue weighted by Crippen LogP contribution is -2.38. The van der Waals surface area contributed by atoms with Crippen LogP contribution in [0.5, 0.6) is 11.5 Å². The predicted molar refractivity (Wildman–Crippen MR) is 168 cm³/mol. The third kappa shape index (κ3) is 5.50. The number of hydrogen-bond donors (Lipinski definition) is 2. The van der Waals surface area contributed by atoms with Gasteiger partial charge in [0, 0.05) is 6.42 Å². The van der Waals surface area contributed by atoms with Crippen molar-refractivity contribution < 1.29 is 24.1 Å². The Labute approximate surface area is 260 Å². The Bertz CT molecular complexity index is 1810. The first-order valence-corrected chi connectivity index (χ1v) is 14.6. The summed E-state index contributed by atoms with van der Waals surface area (Å²) in [6.07, 6.45) is -2.40. The molecule has 1 aliphatic rings. The molecule has 5 aromatic rings. The van der Waals surface area contributed by atoms with E-state index < -0.39 is 24.0 Å². The van der Waals surface area contributed by atoms with Gasteiger partial charge in [0.1, 0.15) is 46.5 Å². The normalized spacial score (nSPS) is 18.3. The summed E-state index contributed by atoms with van der Waals surface area (Å²) >= 11 is 0. The van der Waals surface area contributed by atoms with Gasteiger partial charge in [0.25, 0.3) is 5.56 Å². The van der Waals surface area contributed by atoms with Crippen LogP contribution in [0.3, 0.4) is 0 Å². The van der Waals surface area contributed by atoms with Crippen LogP contribution in [-0.4, -0.2) is 57.7 Å². The molecule has 11 nitrogen and oxygen atoms in total. The van der Waals surface area contributed by atoms with E-state index in [0.29, 0.717) is 22.8 Å². The van der Waals surface area contributed by atoms with Gasteiger partial charge in [-0.2, -0.15) is 0 Å². The van der Waals surface area contributed by atoms with Gasteiger partial charge in [-0.25, -0.2) is 15.0 Å². The minimum Gasteiger partial charge on any atom is -0.497 e. The van der Waals surface area contributed by atoms with Gasteiger partial charge >= 0.3 is 0 Å². The lowest BCUT2D eigenvalue weighted by molar-refractivity contribution is -0.0936. The highest BCUT2D eigenvalue weighted by Crippen LogP contribution is 2.43. The molecular formula is C34H35N5O6. The number of ether oxygens (including phenoxy) is 4. The average Bonchev–Trinajstić information content (AvgIpc) is 3.42. The van der Waals surface area contributed by atoms with Gasteiger partial charge in [-0.05, 0) is 54.8 Å². The third-order valence-electron chi connectivity index (χ3n) is 8.17. The van der Waals surface area contributed by atoms with E-state index >= 15 is 0 Å². The molecule has 1 saturated heterocycles. The second-order valence-corrected chi connectivity index (χ2v) is 10.9. The van der Waals surface area contributed by atoms with Crippen molar-refractivity contribution in [3.05, 3.63) is 117 Å². The fraction of sp³-hybridized carbons (Fsp3) is 0.294. The second-order valence-electron chi connectivity index (χ2n) is 10.9. The highest BCUT2D eigenvalue weighted by Gasteiger charge is 2.42. The first-order valence-electron chi connectivity index (χ1n) is 14.6. The molecule has 232 valence electrons. The number of nitrogen functional groups attached to an aromatic ring is 1. The van der Waals surface area contributed by atoms with Crippen LogP contribution in [0.1, 0.15) is 40.9 Å². The van der Waals surface area contributed by atoms with Gasteiger partial charge in [-0.3, -0.25) is 9.36 Å². The molecule has 0 aliphatic carbocycles. The van der Waals surface area contributed by atoms with Crippen LogP contribution in [0.4, 0.5) is 5.82 Å². The van der Waals surface area contributed by atoms with E-state index in [4.69, 9.17) is 24.7 Å². The lowest BCUT2D eigenvalue weighted by Gasteiger charge is -2.37. The first-order chi connectivity index (χ1) is 21.7. The first kappa shape index (κ1) is 30.2. The molecule has 3 heterocycles. The summed E-state index contributed by atoms with van der Waals surface area (Å²) in [6.45, 7) is 3.28. The zero-order chi connectivity index (χ0) is 31.7. The zero-order valence-corrected chi connectivity index (χ0v) is 25.5. The molecule has 6 rings (SSSR count). The number of rotatable bonds is 9. The van der Waals surface area contributed by atoms with Crippen molar-refractivity contribution in [2.75, 3.05) is 26.6 Å². The van der Waals surface area contributed by atoms with E-state index in [9.17, 15) is 9.90 Å². The van der Waals surface area contributed by atoms with Crippen LogP contribution in [0, 0.1) is 13.8 Å². The minimum atomic E-state index is -1.10. The Hall–Kier alpha value is -4.84. The average molecular weight is 610 g/mol. The zero-order valence-electron chi connectivity index (χ0n) is 25.5. The Kier molecular flexibility index (Phi) is 8.24. The number of fused-ring (bicyclic) bond motifs is 1. The molecule has 0 radical (unpaired) electrons. The highest BCUT2D eigenvalue weighted by atomic mass is 16.6. The summed E-state index contributed by atoms with van der Waals surface area (Å²) < 4.78 is 25.6. The van der Waals surface area contributed by atoms with Crippen molar-refractivity contribution in [2.24, 2.45) is 0 Å². The molecule has 11 heteroatoms. The summed E-state index contributed by atoms with van der Waals surface area (Å²) in [5.41, 5.74) is 8.01. The van der Waals surface area contributed by atoms with Gasteiger partial charge < -0.3 is 29.8 Å². The fourth-order valence-electron chi connectivity index (χ4n) is 5.91.